The van der Waals surface area contributed by atoms with Gasteiger partial charge in [-0.25, -0.2) is 4.98 Å². The van der Waals surface area contributed by atoms with Crippen LogP contribution in [0, 0.1) is 5.92 Å². The van der Waals surface area contributed by atoms with Gasteiger partial charge in [0.25, 0.3) is 0 Å². The summed E-state index contributed by atoms with van der Waals surface area (Å²) in [7, 11) is 0. The lowest BCUT2D eigenvalue weighted by Crippen LogP contribution is -2.18. The van der Waals surface area contributed by atoms with Crippen molar-refractivity contribution in [3.63, 3.8) is 0 Å². The third-order valence-corrected chi connectivity index (χ3v) is 4.02. The Morgan fingerprint density at radius 3 is 3.05 bits per heavy atom. The van der Waals surface area contributed by atoms with Crippen LogP contribution in [-0.2, 0) is 11.3 Å². The van der Waals surface area contributed by atoms with Crippen LogP contribution in [0.2, 0.25) is 0 Å². The Bertz CT molecular complexity index is 608. The maximum Gasteiger partial charge on any atom is 0.201 e. The van der Waals surface area contributed by atoms with Gasteiger partial charge >= 0.3 is 0 Å². The first kappa shape index (κ1) is 13.2. The fraction of sp³-hybridized carbons (Fsp3) is 0.533. The number of imidazole rings is 1. The summed E-state index contributed by atoms with van der Waals surface area (Å²) < 4.78 is 13.3. The maximum absolute atomic E-state index is 6.10. The third-order valence-electron chi connectivity index (χ3n) is 4.02. The zero-order chi connectivity index (χ0) is 14.1. The molecule has 5 nitrogen and oxygen atoms in total. The van der Waals surface area contributed by atoms with Gasteiger partial charge in [-0.05, 0) is 32.4 Å². The zero-order valence-corrected chi connectivity index (χ0v) is 12.0. The van der Waals surface area contributed by atoms with E-state index in [-0.39, 0.29) is 6.10 Å². The molecule has 2 heterocycles. The minimum absolute atomic E-state index is 0.280. The summed E-state index contributed by atoms with van der Waals surface area (Å²) in [5, 5.41) is 0. The van der Waals surface area contributed by atoms with Crippen LogP contribution in [0.3, 0.4) is 0 Å². The first-order valence-electron chi connectivity index (χ1n) is 7.19. The summed E-state index contributed by atoms with van der Waals surface area (Å²) >= 11 is 0. The molecule has 1 aliphatic heterocycles. The van der Waals surface area contributed by atoms with Gasteiger partial charge in [-0.15, -0.1) is 0 Å². The summed E-state index contributed by atoms with van der Waals surface area (Å²) in [5.41, 5.74) is 7.98. The Hall–Kier alpha value is -1.75. The molecule has 108 valence electrons. The summed E-state index contributed by atoms with van der Waals surface area (Å²) in [6.45, 7) is 6.40. The number of nitrogens with zero attached hydrogens (tertiary/aromatic N) is 2. The molecule has 3 rings (SSSR count). The molecule has 2 unspecified atom stereocenters. The molecule has 0 amide bonds. The molecule has 1 aliphatic rings. The molecule has 2 atom stereocenters. The number of para-hydroxylation sites is 1. The highest BCUT2D eigenvalue weighted by molar-refractivity contribution is 5.84. The van der Waals surface area contributed by atoms with Gasteiger partial charge < -0.3 is 19.8 Å². The van der Waals surface area contributed by atoms with Gasteiger partial charge in [0.2, 0.25) is 5.95 Å². The minimum Gasteiger partial charge on any atom is -0.492 e. The number of nitrogen functional groups attached to an aromatic ring is 1. The monoisotopic (exact) mass is 275 g/mol. The number of fused-ring (bicyclic) bond motifs is 1. The molecule has 1 saturated heterocycles. The van der Waals surface area contributed by atoms with Crippen molar-refractivity contribution in [2.45, 2.75) is 32.9 Å². The Kier molecular flexibility index (Phi) is 3.53. The predicted molar refractivity (Wildman–Crippen MR) is 78.8 cm³/mol. The maximum atomic E-state index is 6.10. The largest absolute Gasteiger partial charge is 0.492 e. The lowest BCUT2D eigenvalue weighted by atomic mass is 10.0. The van der Waals surface area contributed by atoms with Crippen molar-refractivity contribution in [2.75, 3.05) is 18.9 Å². The van der Waals surface area contributed by atoms with Crippen molar-refractivity contribution in [1.82, 2.24) is 9.55 Å². The third kappa shape index (κ3) is 2.22. The first-order valence-corrected chi connectivity index (χ1v) is 7.19. The van der Waals surface area contributed by atoms with Gasteiger partial charge in [-0.3, -0.25) is 0 Å². The van der Waals surface area contributed by atoms with E-state index in [2.05, 4.69) is 16.5 Å². The van der Waals surface area contributed by atoms with Crippen LogP contribution < -0.4 is 10.5 Å². The fourth-order valence-electron chi connectivity index (χ4n) is 2.85. The fourth-order valence-corrected chi connectivity index (χ4v) is 2.85. The van der Waals surface area contributed by atoms with E-state index in [1.54, 1.807) is 0 Å². The molecule has 0 spiro atoms. The number of aromatic nitrogens is 2. The molecule has 2 aromatic rings. The second-order valence-electron chi connectivity index (χ2n) is 5.26. The van der Waals surface area contributed by atoms with Crippen LogP contribution in [0.1, 0.15) is 20.3 Å². The standard InChI is InChI=1S/C15H21N3O2/c1-3-19-13-6-4-5-12-14(13)17-15(16)18(12)9-11-7-8-20-10(11)2/h4-6,10-11H,3,7-9H2,1-2H3,(H2,16,17). The molecule has 20 heavy (non-hydrogen) atoms. The molecule has 1 aromatic carbocycles. The summed E-state index contributed by atoms with van der Waals surface area (Å²) in [5.74, 6) is 1.84. The van der Waals surface area contributed by atoms with E-state index < -0.39 is 0 Å². The van der Waals surface area contributed by atoms with Gasteiger partial charge in [0.1, 0.15) is 11.3 Å². The molecule has 0 aliphatic carbocycles. The van der Waals surface area contributed by atoms with Gasteiger partial charge in [0.15, 0.2) is 0 Å². The minimum atomic E-state index is 0.280. The van der Waals surface area contributed by atoms with Crippen LogP contribution in [0.4, 0.5) is 5.95 Å². The summed E-state index contributed by atoms with van der Waals surface area (Å²) in [4.78, 5) is 4.47. The Morgan fingerprint density at radius 1 is 1.50 bits per heavy atom. The van der Waals surface area contributed by atoms with Crippen molar-refractivity contribution >= 4 is 17.0 Å². The lowest BCUT2D eigenvalue weighted by molar-refractivity contribution is 0.102. The molecule has 0 saturated carbocycles. The highest BCUT2D eigenvalue weighted by Crippen LogP contribution is 2.30. The number of rotatable bonds is 4. The highest BCUT2D eigenvalue weighted by atomic mass is 16.5. The summed E-state index contributed by atoms with van der Waals surface area (Å²) in [6.07, 6.45) is 1.35. The second-order valence-corrected chi connectivity index (χ2v) is 5.26. The van der Waals surface area contributed by atoms with Crippen molar-refractivity contribution < 1.29 is 9.47 Å². The lowest BCUT2D eigenvalue weighted by Gasteiger charge is -2.16. The van der Waals surface area contributed by atoms with E-state index in [4.69, 9.17) is 15.2 Å². The van der Waals surface area contributed by atoms with Gasteiger partial charge in [-0.2, -0.15) is 0 Å². The molecule has 5 heteroatoms. The van der Waals surface area contributed by atoms with Crippen LogP contribution in [0.5, 0.6) is 5.75 Å². The molecule has 1 aromatic heterocycles. The number of benzene rings is 1. The average Bonchev–Trinajstić information content (AvgIpc) is 2.97. The van der Waals surface area contributed by atoms with E-state index in [9.17, 15) is 0 Å². The first-order chi connectivity index (χ1) is 9.70. The van der Waals surface area contributed by atoms with E-state index in [0.29, 0.717) is 18.5 Å². The van der Waals surface area contributed by atoms with Crippen LogP contribution in [0.25, 0.3) is 11.0 Å². The van der Waals surface area contributed by atoms with Crippen molar-refractivity contribution in [1.29, 1.82) is 0 Å². The second kappa shape index (κ2) is 5.32. The molecular weight excluding hydrogens is 254 g/mol. The molecular formula is C15H21N3O2. The zero-order valence-electron chi connectivity index (χ0n) is 12.0. The van der Waals surface area contributed by atoms with Crippen LogP contribution in [0.15, 0.2) is 18.2 Å². The van der Waals surface area contributed by atoms with Crippen molar-refractivity contribution in [3.05, 3.63) is 18.2 Å². The van der Waals surface area contributed by atoms with E-state index in [1.165, 1.54) is 0 Å². The number of hydrogen-bond donors (Lipinski definition) is 1. The van der Waals surface area contributed by atoms with E-state index >= 15 is 0 Å². The van der Waals surface area contributed by atoms with Gasteiger partial charge in [0.05, 0.1) is 18.2 Å². The van der Waals surface area contributed by atoms with E-state index in [0.717, 1.165) is 36.4 Å². The predicted octanol–water partition coefficient (Wildman–Crippen LogP) is 2.44. The number of ether oxygens (including phenoxy) is 2. The van der Waals surface area contributed by atoms with Gasteiger partial charge in [0, 0.05) is 19.1 Å². The Morgan fingerprint density at radius 2 is 2.35 bits per heavy atom. The van der Waals surface area contributed by atoms with E-state index in [1.807, 2.05) is 25.1 Å². The van der Waals surface area contributed by atoms with Gasteiger partial charge in [-0.1, -0.05) is 6.07 Å². The van der Waals surface area contributed by atoms with Crippen LogP contribution >= 0.6 is 0 Å². The Balaban J connectivity index is 1.98. The quantitative estimate of drug-likeness (QED) is 0.931. The molecule has 1 fully saturated rings. The van der Waals surface area contributed by atoms with Crippen LogP contribution in [-0.4, -0.2) is 28.9 Å². The summed E-state index contributed by atoms with van der Waals surface area (Å²) in [6, 6.07) is 5.96. The molecule has 0 radical (unpaired) electrons. The highest BCUT2D eigenvalue weighted by Gasteiger charge is 2.26. The molecule has 2 N–H and O–H groups in total. The van der Waals surface area contributed by atoms with Crippen molar-refractivity contribution in [3.8, 4) is 5.75 Å². The number of anilines is 1. The number of nitrogens with two attached hydrogens (primary N) is 1. The van der Waals surface area contributed by atoms with Crippen molar-refractivity contribution in [2.24, 2.45) is 5.92 Å². The normalized spacial score (nSPS) is 22.5. The smallest absolute Gasteiger partial charge is 0.201 e. The molecule has 0 bridgehead atoms. The SMILES string of the molecule is CCOc1cccc2c1nc(N)n2CC1CCOC1C. The topological polar surface area (TPSA) is 62.3 Å². The average molecular weight is 275 g/mol. The number of hydrogen-bond acceptors (Lipinski definition) is 4. The Labute approximate surface area is 118 Å².